The lowest BCUT2D eigenvalue weighted by Crippen LogP contribution is -2.12. The molecule has 0 saturated carbocycles. The van der Waals surface area contributed by atoms with Gasteiger partial charge >= 0.3 is 0 Å². The van der Waals surface area contributed by atoms with E-state index in [1.54, 1.807) is 0 Å². The van der Waals surface area contributed by atoms with Crippen molar-refractivity contribution in [2.45, 2.75) is 0 Å². The minimum Gasteiger partial charge on any atom is -0.311 e. The minimum atomic E-state index is 1.07. The molecule has 0 aliphatic rings. The van der Waals surface area contributed by atoms with Crippen molar-refractivity contribution in [3.63, 3.8) is 0 Å². The van der Waals surface area contributed by atoms with Crippen molar-refractivity contribution in [3.8, 4) is 11.1 Å². The zero-order valence-corrected chi connectivity index (χ0v) is 35.3. The van der Waals surface area contributed by atoms with E-state index in [1.165, 1.54) is 0 Å². The smallest absolute Gasteiger partial charge is 0.0467 e. The molecule has 4 nitrogen and oxygen atoms in total. The van der Waals surface area contributed by atoms with Crippen molar-refractivity contribution >= 4 is 68.2 Å². The average Bonchev–Trinajstić information content (AvgIpc) is 3.38. The van der Waals surface area contributed by atoms with Gasteiger partial charge in [0.25, 0.3) is 0 Å². The zero-order valence-electron chi connectivity index (χ0n) is 35.3. The van der Waals surface area contributed by atoms with Crippen LogP contribution in [0.5, 0.6) is 0 Å². The maximum atomic E-state index is 2.33. The maximum absolute atomic E-state index is 2.33. The van der Waals surface area contributed by atoms with E-state index < -0.39 is 0 Å². The minimum absolute atomic E-state index is 1.07. The van der Waals surface area contributed by atoms with Gasteiger partial charge in [-0.25, -0.2) is 0 Å². The van der Waals surface area contributed by atoms with Gasteiger partial charge in [-0.05, 0) is 157 Å². The van der Waals surface area contributed by atoms with Crippen LogP contribution in [0.15, 0.2) is 279 Å². The molecule has 10 aromatic rings. The lowest BCUT2D eigenvalue weighted by Gasteiger charge is -2.29. The fourth-order valence-electron chi connectivity index (χ4n) is 8.38. The number of hydrogen-bond acceptors (Lipinski definition) is 4. The van der Waals surface area contributed by atoms with E-state index >= 15 is 0 Å². The predicted octanol–water partition coefficient (Wildman–Crippen LogP) is 17.2. The topological polar surface area (TPSA) is 13.0 Å². The molecule has 10 rings (SSSR count). The average molecular weight is 823 g/mol. The molecule has 0 aliphatic heterocycles. The summed E-state index contributed by atoms with van der Waals surface area (Å²) in [7, 11) is 0. The molecule has 0 bridgehead atoms. The molecule has 0 aromatic heterocycles. The normalized spacial score (nSPS) is 10.8. The second kappa shape index (κ2) is 18.6. The van der Waals surface area contributed by atoms with Gasteiger partial charge in [0.2, 0.25) is 0 Å². The molecule has 0 heterocycles. The van der Waals surface area contributed by atoms with Crippen LogP contribution in [0, 0.1) is 0 Å². The van der Waals surface area contributed by atoms with Gasteiger partial charge in [0.15, 0.2) is 0 Å². The molecule has 0 radical (unpaired) electrons. The lowest BCUT2D eigenvalue weighted by atomic mass is 10.0. The Labute approximate surface area is 376 Å². The molecule has 4 heteroatoms. The lowest BCUT2D eigenvalue weighted by molar-refractivity contribution is 1.25. The summed E-state index contributed by atoms with van der Waals surface area (Å²) in [5.41, 5.74) is 15.4. The second-order valence-corrected chi connectivity index (χ2v) is 15.5. The molecular weight excluding hydrogens is 777 g/mol. The van der Waals surface area contributed by atoms with Crippen LogP contribution in [0.1, 0.15) is 0 Å². The van der Waals surface area contributed by atoms with Crippen LogP contribution in [0.25, 0.3) is 11.1 Å². The molecule has 0 fully saturated rings. The van der Waals surface area contributed by atoms with Gasteiger partial charge in [-0.1, -0.05) is 133 Å². The van der Waals surface area contributed by atoms with Gasteiger partial charge in [0.05, 0.1) is 0 Å². The summed E-state index contributed by atoms with van der Waals surface area (Å²) in [5, 5.41) is 0. The van der Waals surface area contributed by atoms with Crippen LogP contribution >= 0.6 is 0 Å². The third-order valence-corrected chi connectivity index (χ3v) is 11.4. The Balaban J connectivity index is 0.964. The van der Waals surface area contributed by atoms with Gasteiger partial charge < -0.3 is 19.6 Å². The van der Waals surface area contributed by atoms with Crippen molar-refractivity contribution in [2.24, 2.45) is 0 Å². The summed E-state index contributed by atoms with van der Waals surface area (Å²) >= 11 is 0. The second-order valence-electron chi connectivity index (χ2n) is 15.5. The van der Waals surface area contributed by atoms with Crippen LogP contribution in [0.3, 0.4) is 0 Å². The largest absolute Gasteiger partial charge is 0.311 e. The van der Waals surface area contributed by atoms with Crippen molar-refractivity contribution in [1.29, 1.82) is 0 Å². The Hall–Kier alpha value is -8.60. The molecule has 10 aromatic carbocycles. The highest BCUT2D eigenvalue weighted by atomic mass is 15.2. The summed E-state index contributed by atoms with van der Waals surface area (Å²) < 4.78 is 0. The Morgan fingerprint density at radius 1 is 0.141 bits per heavy atom. The van der Waals surface area contributed by atoms with E-state index in [1.807, 2.05) is 0 Å². The number of para-hydroxylation sites is 6. The molecule has 0 unspecified atom stereocenters. The molecule has 0 N–H and O–H groups in total. The number of hydrogen-bond donors (Lipinski definition) is 0. The van der Waals surface area contributed by atoms with Crippen molar-refractivity contribution < 1.29 is 0 Å². The summed E-state index contributed by atoms with van der Waals surface area (Å²) in [6.45, 7) is 0. The van der Waals surface area contributed by atoms with E-state index in [-0.39, 0.29) is 0 Å². The highest BCUT2D eigenvalue weighted by Gasteiger charge is 2.18. The van der Waals surface area contributed by atoms with E-state index in [2.05, 4.69) is 299 Å². The summed E-state index contributed by atoms with van der Waals surface area (Å²) in [6.07, 6.45) is 0. The van der Waals surface area contributed by atoms with Gasteiger partial charge in [-0.15, -0.1) is 0 Å². The quantitative estimate of drug-likeness (QED) is 0.115. The standard InChI is InChI=1S/C60H46N4/c1-7-21-49(22-8-1)61(50-23-9-2-10-24-50)56-38-40-58(41-39-56)63(53-29-15-5-16-30-53)55-36-34-47(35-37-55)48-20-19-33-60(46-48)64(54-31-17-6-18-32-54)59-44-42-57(43-45-59)62(51-25-11-3-12-26-51)52-27-13-4-14-28-52/h1-46H. The summed E-state index contributed by atoms with van der Waals surface area (Å²) in [5.74, 6) is 0. The predicted molar refractivity (Wildman–Crippen MR) is 271 cm³/mol. The summed E-state index contributed by atoms with van der Waals surface area (Å²) in [6, 6.07) is 98.7. The van der Waals surface area contributed by atoms with Gasteiger partial charge in [-0.3, -0.25) is 0 Å². The first-order chi connectivity index (χ1) is 31.8. The monoisotopic (exact) mass is 822 g/mol. The van der Waals surface area contributed by atoms with Crippen LogP contribution in [-0.2, 0) is 0 Å². The molecule has 0 spiro atoms. The van der Waals surface area contributed by atoms with Crippen LogP contribution < -0.4 is 19.6 Å². The van der Waals surface area contributed by atoms with Crippen molar-refractivity contribution in [2.75, 3.05) is 19.6 Å². The Bertz CT molecular complexity index is 2920. The van der Waals surface area contributed by atoms with E-state index in [4.69, 9.17) is 0 Å². The first kappa shape index (κ1) is 39.5. The third kappa shape index (κ3) is 8.49. The molecule has 0 amide bonds. The fourth-order valence-corrected chi connectivity index (χ4v) is 8.38. The van der Waals surface area contributed by atoms with Crippen LogP contribution in [0.4, 0.5) is 68.2 Å². The highest BCUT2D eigenvalue weighted by molar-refractivity contribution is 5.85. The number of rotatable bonds is 13. The van der Waals surface area contributed by atoms with Gasteiger partial charge in [-0.2, -0.15) is 0 Å². The zero-order chi connectivity index (χ0) is 42.9. The first-order valence-corrected chi connectivity index (χ1v) is 21.7. The number of nitrogens with zero attached hydrogens (tertiary/aromatic N) is 4. The number of benzene rings is 10. The van der Waals surface area contributed by atoms with Crippen LogP contribution in [-0.4, -0.2) is 0 Å². The Morgan fingerprint density at radius 3 is 0.609 bits per heavy atom. The van der Waals surface area contributed by atoms with E-state index in [0.29, 0.717) is 0 Å². The maximum Gasteiger partial charge on any atom is 0.0467 e. The highest BCUT2D eigenvalue weighted by Crippen LogP contribution is 2.42. The molecule has 0 aliphatic carbocycles. The van der Waals surface area contributed by atoms with E-state index in [0.717, 1.165) is 79.4 Å². The Kier molecular flexibility index (Phi) is 11.5. The number of anilines is 12. The van der Waals surface area contributed by atoms with Gasteiger partial charge in [0, 0.05) is 68.2 Å². The molecular formula is C60H46N4. The van der Waals surface area contributed by atoms with Crippen molar-refractivity contribution in [3.05, 3.63) is 279 Å². The molecule has 64 heavy (non-hydrogen) atoms. The Morgan fingerprint density at radius 2 is 0.344 bits per heavy atom. The SMILES string of the molecule is c1ccc(N(c2ccccc2)c2ccc(N(c3ccccc3)c3ccc(-c4cccc(N(c5ccccc5)c5ccc(N(c6ccccc6)c6ccccc6)cc5)c4)cc3)cc2)cc1. The van der Waals surface area contributed by atoms with Gasteiger partial charge in [0.1, 0.15) is 0 Å². The molecule has 0 atom stereocenters. The molecule has 0 saturated heterocycles. The van der Waals surface area contributed by atoms with Crippen LogP contribution in [0.2, 0.25) is 0 Å². The van der Waals surface area contributed by atoms with Crippen molar-refractivity contribution in [1.82, 2.24) is 0 Å². The van der Waals surface area contributed by atoms with E-state index in [9.17, 15) is 0 Å². The molecule has 306 valence electrons. The fraction of sp³-hybridized carbons (Fsp3) is 0. The first-order valence-electron chi connectivity index (χ1n) is 21.7. The summed E-state index contributed by atoms with van der Waals surface area (Å²) in [4.78, 5) is 9.23. The third-order valence-electron chi connectivity index (χ3n) is 11.4.